The summed E-state index contributed by atoms with van der Waals surface area (Å²) < 4.78 is 64.8. The molecular weight excluding hydrogens is 523 g/mol. The molecule has 0 N–H and O–H groups in total. The lowest BCUT2D eigenvalue weighted by atomic mass is 9.73. The van der Waals surface area contributed by atoms with Gasteiger partial charge < -0.3 is 4.90 Å². The van der Waals surface area contributed by atoms with Gasteiger partial charge in [-0.15, -0.1) is 11.3 Å². The van der Waals surface area contributed by atoms with Gasteiger partial charge in [0.2, 0.25) is 0 Å². The number of sulfone groups is 1. The first kappa shape index (κ1) is 26.2. The molecule has 1 aromatic heterocycles. The number of anilines is 1. The Morgan fingerprint density at radius 3 is 2.38 bits per heavy atom. The van der Waals surface area contributed by atoms with Gasteiger partial charge in [0, 0.05) is 47.5 Å². The molecule has 2 aliphatic carbocycles. The molecule has 2 heterocycles. The van der Waals surface area contributed by atoms with Crippen LogP contribution in [0.1, 0.15) is 60.7 Å². The van der Waals surface area contributed by atoms with Crippen LogP contribution in [0.4, 0.5) is 18.9 Å². The molecule has 0 radical (unpaired) electrons. The molecule has 0 unspecified atom stereocenters. The molecule has 0 spiro atoms. The SMILES string of the molecule is N#CC1(CC(=O)[C@@H]2CCCC[C@H]2c2sc(C(F)(F)F)nc2-c2ccc(N3CCS(=O)(=O)CC3)cc2)CC1. The number of ketones is 1. The fourth-order valence-corrected chi connectivity index (χ4v) is 7.84. The van der Waals surface area contributed by atoms with Gasteiger partial charge in [0.05, 0.1) is 28.7 Å². The summed E-state index contributed by atoms with van der Waals surface area (Å²) in [5.41, 5.74) is 1.03. The largest absolute Gasteiger partial charge is 0.443 e. The lowest BCUT2D eigenvalue weighted by Gasteiger charge is -2.31. The minimum absolute atomic E-state index is 0.0212. The molecule has 1 aromatic carbocycles. The van der Waals surface area contributed by atoms with Crippen LogP contribution in [-0.2, 0) is 20.8 Å². The quantitative estimate of drug-likeness (QED) is 0.464. The molecule has 2 saturated carbocycles. The molecule has 3 aliphatic rings. The van der Waals surface area contributed by atoms with Crippen LogP contribution in [0.5, 0.6) is 0 Å². The normalized spacial score (nSPS) is 24.9. The van der Waals surface area contributed by atoms with Crippen molar-refractivity contribution in [1.82, 2.24) is 4.98 Å². The number of Topliss-reactive ketones (excluding diaryl/α,β-unsaturated/α-hetero) is 1. The summed E-state index contributed by atoms with van der Waals surface area (Å²) in [6.45, 7) is 0.746. The van der Waals surface area contributed by atoms with Gasteiger partial charge in [-0.25, -0.2) is 13.4 Å². The molecule has 0 bridgehead atoms. The maximum atomic E-state index is 13.8. The van der Waals surface area contributed by atoms with E-state index in [1.807, 2.05) is 4.90 Å². The molecular formula is C26H28F3N3O3S2. The number of nitriles is 1. The summed E-state index contributed by atoms with van der Waals surface area (Å²) in [5.74, 6) is -0.637. The number of alkyl halides is 3. The first-order chi connectivity index (χ1) is 17.5. The van der Waals surface area contributed by atoms with Crippen LogP contribution in [0.15, 0.2) is 24.3 Å². The highest BCUT2D eigenvalue weighted by Gasteiger charge is 2.47. The number of benzene rings is 1. The molecule has 198 valence electrons. The Balaban J connectivity index is 1.45. The van der Waals surface area contributed by atoms with Crippen LogP contribution in [0.2, 0.25) is 0 Å². The van der Waals surface area contributed by atoms with Gasteiger partial charge in [0.15, 0.2) is 14.8 Å². The number of halogens is 3. The van der Waals surface area contributed by atoms with E-state index in [-0.39, 0.29) is 35.3 Å². The number of rotatable bonds is 6. The zero-order valence-corrected chi connectivity index (χ0v) is 21.9. The van der Waals surface area contributed by atoms with Gasteiger partial charge in [0.1, 0.15) is 5.78 Å². The molecule has 2 aromatic rings. The number of aromatic nitrogens is 1. The predicted octanol–water partition coefficient (Wildman–Crippen LogP) is 5.60. The Hall–Kier alpha value is -2.45. The Morgan fingerprint density at radius 2 is 1.78 bits per heavy atom. The van der Waals surface area contributed by atoms with Crippen LogP contribution >= 0.6 is 11.3 Å². The van der Waals surface area contributed by atoms with Crippen LogP contribution in [0.3, 0.4) is 0 Å². The smallest absolute Gasteiger partial charge is 0.369 e. The molecule has 6 nitrogen and oxygen atoms in total. The van der Waals surface area contributed by atoms with Gasteiger partial charge in [0.25, 0.3) is 0 Å². The average Bonchev–Trinajstić information content (AvgIpc) is 3.49. The van der Waals surface area contributed by atoms with Crippen molar-refractivity contribution in [2.24, 2.45) is 11.3 Å². The van der Waals surface area contributed by atoms with Crippen LogP contribution in [-0.4, -0.2) is 43.8 Å². The van der Waals surface area contributed by atoms with E-state index < -0.39 is 32.4 Å². The third kappa shape index (κ3) is 5.55. The number of hydrogen-bond donors (Lipinski definition) is 0. The van der Waals surface area contributed by atoms with Crippen molar-refractivity contribution >= 4 is 32.6 Å². The summed E-state index contributed by atoms with van der Waals surface area (Å²) in [4.78, 5) is 19.7. The van der Waals surface area contributed by atoms with E-state index in [4.69, 9.17) is 0 Å². The summed E-state index contributed by atoms with van der Waals surface area (Å²) in [5, 5.41) is 8.53. The van der Waals surface area contributed by atoms with Gasteiger partial charge in [-0.2, -0.15) is 18.4 Å². The van der Waals surface area contributed by atoms with E-state index in [9.17, 15) is 31.6 Å². The third-order valence-corrected chi connectivity index (χ3v) is 10.7. The lowest BCUT2D eigenvalue weighted by molar-refractivity contribution is -0.137. The monoisotopic (exact) mass is 551 g/mol. The standard InChI is InChI=1S/C26H28F3N3O3S2/c27-26(28,29)24-31-22(17-5-7-18(8-6-17)32-11-13-37(34,35)14-12-32)23(36-24)20-4-2-1-3-19(20)21(33)15-25(16-30)9-10-25/h5-8,19-20H,1-4,9-15H2/t19-,20-/m1/s1. The zero-order chi connectivity index (χ0) is 26.4. The first-order valence-corrected chi connectivity index (χ1v) is 15.2. The van der Waals surface area contributed by atoms with Gasteiger partial charge in [-0.05, 0) is 37.8 Å². The highest BCUT2D eigenvalue weighted by Crippen LogP contribution is 2.52. The maximum Gasteiger partial charge on any atom is 0.443 e. The topological polar surface area (TPSA) is 91.1 Å². The molecule has 5 rings (SSSR count). The van der Waals surface area contributed by atoms with E-state index in [0.717, 1.165) is 18.5 Å². The molecule has 1 saturated heterocycles. The highest BCUT2D eigenvalue weighted by atomic mass is 32.2. The molecule has 1 aliphatic heterocycles. The van der Waals surface area contributed by atoms with Gasteiger partial charge in [-0.1, -0.05) is 25.0 Å². The molecule has 0 amide bonds. The Morgan fingerprint density at radius 1 is 1.14 bits per heavy atom. The van der Waals surface area contributed by atoms with Crippen molar-refractivity contribution in [2.75, 3.05) is 29.5 Å². The Kier molecular flexibility index (Phi) is 6.86. The molecule has 37 heavy (non-hydrogen) atoms. The molecule has 3 fully saturated rings. The average molecular weight is 552 g/mol. The summed E-state index contributed by atoms with van der Waals surface area (Å²) >= 11 is 0.630. The second kappa shape index (κ2) is 9.70. The zero-order valence-electron chi connectivity index (χ0n) is 20.3. The van der Waals surface area contributed by atoms with E-state index in [0.29, 0.717) is 60.6 Å². The Labute approximate surface area is 218 Å². The van der Waals surface area contributed by atoms with E-state index in [1.54, 1.807) is 24.3 Å². The fourth-order valence-electron chi connectivity index (χ4n) is 5.49. The van der Waals surface area contributed by atoms with Crippen molar-refractivity contribution in [3.63, 3.8) is 0 Å². The van der Waals surface area contributed by atoms with E-state index in [2.05, 4.69) is 11.1 Å². The highest BCUT2D eigenvalue weighted by molar-refractivity contribution is 7.91. The number of carbonyl (C=O) groups is 1. The summed E-state index contributed by atoms with van der Waals surface area (Å²) in [7, 11) is -3.03. The van der Waals surface area contributed by atoms with Crippen molar-refractivity contribution in [1.29, 1.82) is 5.26 Å². The molecule has 11 heteroatoms. The minimum Gasteiger partial charge on any atom is -0.369 e. The lowest BCUT2D eigenvalue weighted by Crippen LogP contribution is -2.40. The first-order valence-electron chi connectivity index (χ1n) is 12.6. The van der Waals surface area contributed by atoms with Crippen LogP contribution < -0.4 is 4.90 Å². The van der Waals surface area contributed by atoms with Crippen molar-refractivity contribution in [2.45, 2.75) is 57.0 Å². The van der Waals surface area contributed by atoms with Crippen LogP contribution in [0, 0.1) is 22.7 Å². The minimum atomic E-state index is -4.59. The van der Waals surface area contributed by atoms with Crippen molar-refractivity contribution < 1.29 is 26.4 Å². The maximum absolute atomic E-state index is 13.8. The second-order valence-corrected chi connectivity index (χ2v) is 13.8. The summed E-state index contributed by atoms with van der Waals surface area (Å²) in [6, 6.07) is 9.29. The molecule has 2 atom stereocenters. The van der Waals surface area contributed by atoms with Crippen molar-refractivity contribution in [3.05, 3.63) is 34.2 Å². The fraction of sp³-hybridized carbons (Fsp3) is 0.577. The van der Waals surface area contributed by atoms with E-state index in [1.165, 1.54) is 0 Å². The van der Waals surface area contributed by atoms with Gasteiger partial charge >= 0.3 is 6.18 Å². The number of thiazole rings is 1. The summed E-state index contributed by atoms with van der Waals surface area (Å²) in [6.07, 6.45) is -0.128. The Bertz CT molecular complexity index is 1310. The van der Waals surface area contributed by atoms with Crippen LogP contribution in [0.25, 0.3) is 11.3 Å². The third-order valence-electron chi connectivity index (χ3n) is 7.87. The van der Waals surface area contributed by atoms with Crippen molar-refractivity contribution in [3.8, 4) is 17.3 Å². The van der Waals surface area contributed by atoms with E-state index >= 15 is 0 Å². The number of carbonyl (C=O) groups excluding carboxylic acids is 1. The second-order valence-electron chi connectivity index (χ2n) is 10.4. The number of hydrogen-bond acceptors (Lipinski definition) is 7. The number of nitrogens with zero attached hydrogens (tertiary/aromatic N) is 3. The van der Waals surface area contributed by atoms with Gasteiger partial charge in [-0.3, -0.25) is 4.79 Å². The predicted molar refractivity (Wildman–Crippen MR) is 135 cm³/mol.